The number of furan rings is 1. The quantitative estimate of drug-likeness (QED) is 0.402. The van der Waals surface area contributed by atoms with Crippen molar-refractivity contribution in [1.82, 2.24) is 0 Å². The van der Waals surface area contributed by atoms with Gasteiger partial charge in [0.25, 0.3) is 0 Å². The van der Waals surface area contributed by atoms with Gasteiger partial charge in [-0.3, -0.25) is 0 Å². The van der Waals surface area contributed by atoms with Crippen molar-refractivity contribution >= 4 is 23.9 Å². The molecule has 4 rings (SSSR count). The number of ether oxygens (including phenoxy) is 2. The van der Waals surface area contributed by atoms with Gasteiger partial charge in [-0.1, -0.05) is 30.3 Å². The van der Waals surface area contributed by atoms with Gasteiger partial charge in [-0.05, 0) is 48.0 Å². The van der Waals surface area contributed by atoms with Gasteiger partial charge in [-0.2, -0.15) is 0 Å². The SMILES string of the molecule is O=C1OC(c2ccccc2)=N/C1=C/c1cccc(OC(=O)c2ccco2)c1. The molecule has 0 bridgehead atoms. The van der Waals surface area contributed by atoms with E-state index in [1.807, 2.05) is 30.3 Å². The zero-order valence-corrected chi connectivity index (χ0v) is 14.0. The van der Waals surface area contributed by atoms with Gasteiger partial charge in [-0.25, -0.2) is 14.6 Å². The Hall–Kier alpha value is -3.93. The van der Waals surface area contributed by atoms with E-state index in [9.17, 15) is 9.59 Å². The number of carbonyl (C=O) groups excluding carboxylic acids is 2. The Labute approximate surface area is 154 Å². The first-order chi connectivity index (χ1) is 13.2. The molecule has 2 heterocycles. The van der Waals surface area contributed by atoms with E-state index in [0.29, 0.717) is 11.3 Å². The van der Waals surface area contributed by atoms with Crippen molar-refractivity contribution in [3.05, 3.63) is 95.6 Å². The smallest absolute Gasteiger partial charge is 0.379 e. The van der Waals surface area contributed by atoms with Crippen LogP contribution in [0.1, 0.15) is 21.7 Å². The van der Waals surface area contributed by atoms with Crippen LogP contribution >= 0.6 is 0 Å². The zero-order valence-electron chi connectivity index (χ0n) is 14.0. The number of benzene rings is 2. The lowest BCUT2D eigenvalue weighted by molar-refractivity contribution is -0.129. The normalized spacial score (nSPS) is 14.7. The Bertz CT molecular complexity index is 1050. The third-order valence-corrected chi connectivity index (χ3v) is 3.74. The van der Waals surface area contributed by atoms with Crippen LogP contribution in [0.5, 0.6) is 5.75 Å². The third kappa shape index (κ3) is 3.69. The highest BCUT2D eigenvalue weighted by Crippen LogP contribution is 2.22. The number of esters is 2. The summed E-state index contributed by atoms with van der Waals surface area (Å²) < 4.78 is 15.5. The zero-order chi connectivity index (χ0) is 18.6. The van der Waals surface area contributed by atoms with Crippen LogP contribution in [0.3, 0.4) is 0 Å². The lowest BCUT2D eigenvalue weighted by Gasteiger charge is -2.03. The number of hydrogen-bond acceptors (Lipinski definition) is 6. The van der Waals surface area contributed by atoms with Crippen molar-refractivity contribution in [3.8, 4) is 5.75 Å². The van der Waals surface area contributed by atoms with Crippen LogP contribution in [0.4, 0.5) is 0 Å². The predicted octanol–water partition coefficient (Wildman–Crippen LogP) is 3.84. The van der Waals surface area contributed by atoms with E-state index >= 15 is 0 Å². The summed E-state index contributed by atoms with van der Waals surface area (Å²) in [6, 6.07) is 19.0. The molecule has 0 aliphatic carbocycles. The Balaban J connectivity index is 1.56. The van der Waals surface area contributed by atoms with Gasteiger partial charge < -0.3 is 13.9 Å². The Kier molecular flexibility index (Phi) is 4.37. The van der Waals surface area contributed by atoms with E-state index < -0.39 is 11.9 Å². The molecule has 0 radical (unpaired) electrons. The number of carbonyl (C=O) groups is 2. The first kappa shape index (κ1) is 16.5. The van der Waals surface area contributed by atoms with Crippen molar-refractivity contribution in [2.24, 2.45) is 4.99 Å². The number of rotatable bonds is 4. The minimum atomic E-state index is -0.602. The van der Waals surface area contributed by atoms with Crippen molar-refractivity contribution in [1.29, 1.82) is 0 Å². The maximum absolute atomic E-state index is 12.1. The summed E-state index contributed by atoms with van der Waals surface area (Å²) in [6.45, 7) is 0. The Morgan fingerprint density at radius 2 is 1.85 bits per heavy atom. The van der Waals surface area contributed by atoms with Gasteiger partial charge in [0.05, 0.1) is 6.26 Å². The molecular formula is C21H13NO5. The lowest BCUT2D eigenvalue weighted by atomic mass is 10.2. The molecule has 27 heavy (non-hydrogen) atoms. The van der Waals surface area contributed by atoms with Gasteiger partial charge in [0.15, 0.2) is 5.70 Å². The summed E-state index contributed by atoms with van der Waals surface area (Å²) in [5, 5.41) is 0. The average Bonchev–Trinajstić information content (AvgIpc) is 3.34. The predicted molar refractivity (Wildman–Crippen MR) is 97.2 cm³/mol. The molecule has 1 aliphatic rings. The summed E-state index contributed by atoms with van der Waals surface area (Å²) in [5.41, 5.74) is 1.53. The van der Waals surface area contributed by atoms with Crippen LogP contribution in [0.2, 0.25) is 0 Å². The highest BCUT2D eigenvalue weighted by Gasteiger charge is 2.24. The van der Waals surface area contributed by atoms with Crippen LogP contribution in [-0.4, -0.2) is 17.8 Å². The minimum absolute atomic E-state index is 0.107. The van der Waals surface area contributed by atoms with E-state index in [4.69, 9.17) is 13.9 Å². The number of cyclic esters (lactones) is 1. The van der Waals surface area contributed by atoms with Crippen LogP contribution in [0.15, 0.2) is 88.1 Å². The molecule has 6 heteroatoms. The molecule has 0 saturated heterocycles. The molecule has 3 aromatic rings. The molecule has 0 spiro atoms. The van der Waals surface area contributed by atoms with Gasteiger partial charge in [0, 0.05) is 5.56 Å². The first-order valence-electron chi connectivity index (χ1n) is 8.13. The largest absolute Gasteiger partial charge is 0.457 e. The second kappa shape index (κ2) is 7.13. The van der Waals surface area contributed by atoms with E-state index in [-0.39, 0.29) is 17.4 Å². The molecule has 1 aliphatic heterocycles. The van der Waals surface area contributed by atoms with Gasteiger partial charge in [0.2, 0.25) is 11.7 Å². The monoisotopic (exact) mass is 359 g/mol. The van der Waals surface area contributed by atoms with Crippen LogP contribution in [0, 0.1) is 0 Å². The summed E-state index contributed by atoms with van der Waals surface area (Å²) in [7, 11) is 0. The second-order valence-electron chi connectivity index (χ2n) is 5.64. The summed E-state index contributed by atoms with van der Waals surface area (Å²) >= 11 is 0. The molecular weight excluding hydrogens is 346 g/mol. The molecule has 0 atom stereocenters. The molecule has 0 saturated carbocycles. The minimum Gasteiger partial charge on any atom is -0.457 e. The lowest BCUT2D eigenvalue weighted by Crippen LogP contribution is -2.07. The van der Waals surface area contributed by atoms with Crippen molar-refractivity contribution in [2.75, 3.05) is 0 Å². The molecule has 0 amide bonds. The highest BCUT2D eigenvalue weighted by atomic mass is 16.6. The fourth-order valence-electron chi connectivity index (χ4n) is 2.49. The van der Waals surface area contributed by atoms with Gasteiger partial charge >= 0.3 is 11.9 Å². The van der Waals surface area contributed by atoms with Crippen LogP contribution in [0.25, 0.3) is 6.08 Å². The molecule has 6 nitrogen and oxygen atoms in total. The first-order valence-corrected chi connectivity index (χ1v) is 8.13. The van der Waals surface area contributed by atoms with Crippen LogP contribution in [-0.2, 0) is 9.53 Å². The highest BCUT2D eigenvalue weighted by molar-refractivity contribution is 6.12. The van der Waals surface area contributed by atoms with Crippen molar-refractivity contribution < 1.29 is 23.5 Å². The van der Waals surface area contributed by atoms with E-state index in [0.717, 1.165) is 5.56 Å². The summed E-state index contributed by atoms with van der Waals surface area (Å²) in [5.74, 6) is -0.451. The van der Waals surface area contributed by atoms with Gasteiger partial charge in [0.1, 0.15) is 5.75 Å². The number of hydrogen-bond donors (Lipinski definition) is 0. The molecule has 0 fully saturated rings. The summed E-state index contributed by atoms with van der Waals surface area (Å²) in [6.07, 6.45) is 2.97. The van der Waals surface area contributed by atoms with Crippen molar-refractivity contribution in [2.45, 2.75) is 0 Å². The van der Waals surface area contributed by atoms with Gasteiger partial charge in [-0.15, -0.1) is 0 Å². The van der Waals surface area contributed by atoms with E-state index in [1.54, 1.807) is 36.4 Å². The van der Waals surface area contributed by atoms with E-state index in [1.165, 1.54) is 12.3 Å². The molecule has 1 aromatic heterocycles. The van der Waals surface area contributed by atoms with Crippen molar-refractivity contribution in [3.63, 3.8) is 0 Å². The molecule has 0 unspecified atom stereocenters. The Morgan fingerprint density at radius 3 is 2.63 bits per heavy atom. The Morgan fingerprint density at radius 1 is 1.00 bits per heavy atom. The van der Waals surface area contributed by atoms with Crippen LogP contribution < -0.4 is 4.74 Å². The standard InChI is InChI=1S/C21H13NO5/c23-20-17(22-19(27-20)15-7-2-1-3-8-15)13-14-6-4-9-16(12-14)26-21(24)18-10-5-11-25-18/h1-13H/b17-13+. The maximum Gasteiger partial charge on any atom is 0.379 e. The molecule has 0 N–H and O–H groups in total. The third-order valence-electron chi connectivity index (χ3n) is 3.74. The van der Waals surface area contributed by atoms with E-state index in [2.05, 4.69) is 4.99 Å². The fraction of sp³-hybridized carbons (Fsp3) is 0. The second-order valence-corrected chi connectivity index (χ2v) is 5.64. The number of nitrogens with zero attached hydrogens (tertiary/aromatic N) is 1. The topological polar surface area (TPSA) is 78.1 Å². The maximum atomic E-state index is 12.1. The average molecular weight is 359 g/mol. The molecule has 2 aromatic carbocycles. The molecule has 132 valence electrons. The fourth-order valence-corrected chi connectivity index (χ4v) is 2.49. The summed E-state index contributed by atoms with van der Waals surface area (Å²) in [4.78, 5) is 28.3. The number of aliphatic imine (C=N–C) groups is 1.